The first-order valence-corrected chi connectivity index (χ1v) is 8.90. The van der Waals surface area contributed by atoms with E-state index in [1.807, 2.05) is 0 Å². The van der Waals surface area contributed by atoms with Crippen molar-refractivity contribution in [3.63, 3.8) is 0 Å². The summed E-state index contributed by atoms with van der Waals surface area (Å²) < 4.78 is 76.8. The van der Waals surface area contributed by atoms with Crippen molar-refractivity contribution in [1.82, 2.24) is 0 Å². The van der Waals surface area contributed by atoms with E-state index in [1.54, 1.807) is 24.3 Å². The molecule has 2 atom stereocenters. The van der Waals surface area contributed by atoms with E-state index in [0.717, 1.165) is 61.1 Å². The van der Waals surface area contributed by atoms with Gasteiger partial charge in [-0.2, -0.15) is 26.3 Å². The van der Waals surface area contributed by atoms with Crippen LogP contribution in [0.4, 0.5) is 26.3 Å². The predicted molar refractivity (Wildman–Crippen MR) is 87.1 cm³/mol. The second kappa shape index (κ2) is 4.70. The Bertz CT molecular complexity index is 820. The minimum Gasteiger partial charge on any atom is -0.166 e. The van der Waals surface area contributed by atoms with Crippen molar-refractivity contribution in [3.8, 4) is 0 Å². The summed E-state index contributed by atoms with van der Waals surface area (Å²) in [5.41, 5.74) is 0.350. The van der Waals surface area contributed by atoms with Crippen LogP contribution >= 0.6 is 0 Å². The summed E-state index contributed by atoms with van der Waals surface area (Å²) in [5.74, 6) is 0. The molecule has 2 aromatic carbocycles. The van der Waals surface area contributed by atoms with E-state index in [4.69, 9.17) is 0 Å². The highest BCUT2D eigenvalue weighted by molar-refractivity contribution is 5.58. The Morgan fingerprint density at radius 1 is 0.556 bits per heavy atom. The van der Waals surface area contributed by atoms with Crippen molar-refractivity contribution in [1.29, 1.82) is 0 Å². The molecule has 3 aliphatic rings. The number of halogens is 6. The van der Waals surface area contributed by atoms with Gasteiger partial charge >= 0.3 is 12.4 Å². The van der Waals surface area contributed by atoms with Crippen molar-refractivity contribution in [3.05, 3.63) is 70.8 Å². The fourth-order valence-electron chi connectivity index (χ4n) is 5.88. The minimum atomic E-state index is -4.35. The third-order valence-corrected chi connectivity index (χ3v) is 7.30. The van der Waals surface area contributed by atoms with E-state index in [1.165, 1.54) is 0 Å². The molecule has 3 saturated carbocycles. The van der Waals surface area contributed by atoms with Gasteiger partial charge in [0.25, 0.3) is 0 Å². The van der Waals surface area contributed by atoms with Crippen LogP contribution in [-0.4, -0.2) is 0 Å². The predicted octanol–water partition coefficient (Wildman–Crippen LogP) is 6.49. The minimum absolute atomic E-state index is 0.0134. The summed E-state index contributed by atoms with van der Waals surface area (Å²) in [6.07, 6.45) is -5.13. The molecule has 0 radical (unpaired) electrons. The van der Waals surface area contributed by atoms with Crippen LogP contribution in [0.25, 0.3) is 0 Å². The first-order valence-electron chi connectivity index (χ1n) is 8.90. The highest BCUT2D eigenvalue weighted by Crippen LogP contribution is 2.94. The van der Waals surface area contributed by atoms with Gasteiger partial charge in [0.2, 0.25) is 0 Å². The number of hydrogen-bond acceptors (Lipinski definition) is 0. The monoisotopic (exact) mass is 382 g/mol. The maximum Gasteiger partial charge on any atom is 0.416 e. The van der Waals surface area contributed by atoms with E-state index in [-0.39, 0.29) is 16.2 Å². The summed E-state index contributed by atoms with van der Waals surface area (Å²) in [5, 5.41) is 0. The molecule has 0 heterocycles. The zero-order chi connectivity index (χ0) is 19.3. The highest BCUT2D eigenvalue weighted by atomic mass is 19.4. The van der Waals surface area contributed by atoms with Crippen molar-refractivity contribution in [2.24, 2.45) is 5.41 Å². The van der Waals surface area contributed by atoms with Crippen LogP contribution < -0.4 is 0 Å². The molecule has 0 nitrogen and oxygen atoms in total. The Morgan fingerprint density at radius 3 is 1.15 bits per heavy atom. The zero-order valence-electron chi connectivity index (χ0n) is 14.2. The fraction of sp³-hybridized carbons (Fsp3) is 0.429. The Balaban J connectivity index is 1.43. The van der Waals surface area contributed by atoms with E-state index in [2.05, 4.69) is 0 Å². The molecule has 3 fully saturated rings. The van der Waals surface area contributed by atoms with Gasteiger partial charge < -0.3 is 0 Å². The molecule has 0 N–H and O–H groups in total. The van der Waals surface area contributed by atoms with Crippen LogP contribution in [-0.2, 0) is 23.2 Å². The molecule has 142 valence electrons. The van der Waals surface area contributed by atoms with Crippen LogP contribution in [0.3, 0.4) is 0 Å². The molecule has 3 aliphatic carbocycles. The van der Waals surface area contributed by atoms with Gasteiger partial charge in [-0.1, -0.05) is 24.3 Å². The van der Waals surface area contributed by atoms with Crippen molar-refractivity contribution < 1.29 is 26.3 Å². The van der Waals surface area contributed by atoms with Crippen molar-refractivity contribution >= 4 is 0 Å². The third kappa shape index (κ3) is 2.07. The van der Waals surface area contributed by atoms with E-state index in [9.17, 15) is 26.3 Å². The van der Waals surface area contributed by atoms with Crippen LogP contribution in [0.5, 0.6) is 0 Å². The Kier molecular flexibility index (Phi) is 2.99. The molecule has 2 aromatic rings. The van der Waals surface area contributed by atoms with E-state index in [0.29, 0.717) is 0 Å². The lowest BCUT2D eigenvalue weighted by molar-refractivity contribution is -0.138. The molecule has 0 aliphatic heterocycles. The van der Waals surface area contributed by atoms with Crippen LogP contribution in [0.2, 0.25) is 0 Å². The number of rotatable bonds is 2. The molecule has 0 amide bonds. The Hall–Kier alpha value is -1.98. The highest BCUT2D eigenvalue weighted by Gasteiger charge is 2.90. The standard InChI is InChI=1S/C21H16F6/c22-20(23,24)15-5-1-13(2-6-15)17-9-10-18(12-19(17,18)11-17)14-3-7-16(8-4-14)21(25,26)27/h1-8H,9-12H2. The number of hydrogen-bond donors (Lipinski definition) is 0. The van der Waals surface area contributed by atoms with Crippen LogP contribution in [0.15, 0.2) is 48.5 Å². The average molecular weight is 382 g/mol. The van der Waals surface area contributed by atoms with Crippen molar-refractivity contribution in [2.45, 2.75) is 48.9 Å². The summed E-state index contributed by atoms with van der Waals surface area (Å²) in [4.78, 5) is 0. The maximum absolute atomic E-state index is 12.8. The van der Waals surface area contributed by atoms with Gasteiger partial charge in [-0.15, -0.1) is 0 Å². The van der Waals surface area contributed by atoms with Gasteiger partial charge in [0.15, 0.2) is 0 Å². The third-order valence-electron chi connectivity index (χ3n) is 7.30. The first-order chi connectivity index (χ1) is 12.5. The topological polar surface area (TPSA) is 0 Å². The summed E-state index contributed by atoms with van der Waals surface area (Å²) in [6, 6.07) is 10.9. The molecule has 6 heteroatoms. The summed E-state index contributed by atoms with van der Waals surface area (Å²) in [7, 11) is 0. The van der Waals surface area contributed by atoms with E-state index >= 15 is 0 Å². The zero-order valence-corrected chi connectivity index (χ0v) is 14.2. The Labute approximate surface area is 152 Å². The molecular formula is C21H16F6. The largest absolute Gasteiger partial charge is 0.416 e. The molecule has 0 saturated heterocycles. The van der Waals surface area contributed by atoms with Gasteiger partial charge in [0, 0.05) is 10.8 Å². The second-order valence-electron chi connectivity index (χ2n) is 8.25. The normalized spacial score (nSPS) is 34.1. The van der Waals surface area contributed by atoms with Gasteiger partial charge in [-0.25, -0.2) is 0 Å². The van der Waals surface area contributed by atoms with Gasteiger partial charge in [-0.05, 0) is 66.5 Å². The summed E-state index contributed by atoms with van der Waals surface area (Å²) in [6.45, 7) is 0. The molecule has 1 spiro atoms. The lowest BCUT2D eigenvalue weighted by atomic mass is 9.88. The molecule has 5 rings (SSSR count). The maximum atomic E-state index is 12.8. The smallest absolute Gasteiger partial charge is 0.166 e. The number of benzene rings is 2. The summed E-state index contributed by atoms with van der Waals surface area (Å²) >= 11 is 0. The quantitative estimate of drug-likeness (QED) is 0.521. The van der Waals surface area contributed by atoms with Gasteiger partial charge in [0.1, 0.15) is 0 Å². The van der Waals surface area contributed by atoms with Crippen LogP contribution in [0.1, 0.15) is 47.9 Å². The molecule has 27 heavy (non-hydrogen) atoms. The van der Waals surface area contributed by atoms with Crippen LogP contribution in [0, 0.1) is 5.41 Å². The second-order valence-corrected chi connectivity index (χ2v) is 8.25. The molecular weight excluding hydrogens is 366 g/mol. The lowest BCUT2D eigenvalue weighted by Crippen LogP contribution is -2.10. The lowest BCUT2D eigenvalue weighted by Gasteiger charge is -2.17. The van der Waals surface area contributed by atoms with E-state index < -0.39 is 23.5 Å². The molecule has 0 aromatic heterocycles. The SMILES string of the molecule is FC(F)(F)c1ccc(C23CCC4(c5ccc(C(F)(F)F)cc5)CC24C3)cc1. The van der Waals surface area contributed by atoms with Gasteiger partial charge in [0.05, 0.1) is 11.1 Å². The van der Waals surface area contributed by atoms with Crippen molar-refractivity contribution in [2.75, 3.05) is 0 Å². The molecule has 0 bridgehead atoms. The fourth-order valence-corrected chi connectivity index (χ4v) is 5.88. The first kappa shape index (κ1) is 17.1. The Morgan fingerprint density at radius 2 is 0.889 bits per heavy atom. The molecule has 2 unspecified atom stereocenters. The average Bonchev–Trinajstić information content (AvgIpc) is 3.46. The number of alkyl halides is 6. The van der Waals surface area contributed by atoms with Gasteiger partial charge in [-0.3, -0.25) is 0 Å².